The summed E-state index contributed by atoms with van der Waals surface area (Å²) in [5.74, 6) is 0. The normalized spacial score (nSPS) is 23.0. The molecule has 1 saturated carbocycles. The molecule has 15 heavy (non-hydrogen) atoms. The maximum atomic E-state index is 9.44. The van der Waals surface area contributed by atoms with Gasteiger partial charge in [-0.15, -0.1) is 0 Å². The van der Waals surface area contributed by atoms with Crippen molar-refractivity contribution in [2.24, 2.45) is 5.73 Å². The molecule has 1 unspecified atom stereocenters. The summed E-state index contributed by atoms with van der Waals surface area (Å²) < 4.78 is 0. The number of rotatable bonds is 5. The first-order chi connectivity index (χ1) is 7.14. The predicted molar refractivity (Wildman–Crippen MR) is 60.6 cm³/mol. The molecule has 0 amide bonds. The molecule has 1 aliphatic rings. The highest BCUT2D eigenvalue weighted by molar-refractivity contribution is 4.93. The molecule has 1 rings (SSSR count). The minimum absolute atomic E-state index is 0.0500. The lowest BCUT2D eigenvalue weighted by molar-refractivity contribution is 0.0120. The second-order valence-corrected chi connectivity index (χ2v) is 4.71. The van der Waals surface area contributed by atoms with Crippen LogP contribution < -0.4 is 5.73 Å². The van der Waals surface area contributed by atoms with Gasteiger partial charge in [0.15, 0.2) is 0 Å². The average molecular weight is 216 g/mol. The van der Waals surface area contributed by atoms with Crippen LogP contribution in [0, 0.1) is 0 Å². The van der Waals surface area contributed by atoms with E-state index in [1.807, 2.05) is 7.05 Å². The smallest absolute Gasteiger partial charge is 0.0897 e. The first-order valence-electron chi connectivity index (χ1n) is 5.85. The Balaban J connectivity index is 2.55. The maximum Gasteiger partial charge on any atom is 0.0897 e. The summed E-state index contributed by atoms with van der Waals surface area (Å²) in [6.45, 7) is 0.973. The molecule has 1 atom stereocenters. The van der Waals surface area contributed by atoms with E-state index in [0.717, 1.165) is 12.8 Å². The molecule has 0 aromatic carbocycles. The number of aliphatic hydroxyl groups is 2. The van der Waals surface area contributed by atoms with Crippen LogP contribution in [-0.2, 0) is 0 Å². The Bertz CT molecular complexity index is 181. The van der Waals surface area contributed by atoms with E-state index in [0.29, 0.717) is 13.1 Å². The van der Waals surface area contributed by atoms with E-state index >= 15 is 0 Å². The van der Waals surface area contributed by atoms with E-state index in [1.165, 1.54) is 19.3 Å². The number of β-amino-alcohol motifs (C(OH)–C–C–N with tert-alkyl or cyclic N) is 1. The third-order valence-electron chi connectivity index (χ3n) is 3.67. The molecule has 4 heteroatoms. The summed E-state index contributed by atoms with van der Waals surface area (Å²) in [6, 6.07) is 0. The number of hydrogen-bond donors (Lipinski definition) is 3. The second kappa shape index (κ2) is 5.80. The van der Waals surface area contributed by atoms with E-state index in [1.54, 1.807) is 0 Å². The van der Waals surface area contributed by atoms with Crippen LogP contribution in [0.1, 0.15) is 32.1 Å². The van der Waals surface area contributed by atoms with Gasteiger partial charge in [0.1, 0.15) is 0 Å². The lowest BCUT2D eigenvalue weighted by Gasteiger charge is -2.44. The Labute approximate surface area is 92.1 Å². The molecule has 0 heterocycles. The molecular weight excluding hydrogens is 192 g/mol. The fraction of sp³-hybridized carbons (Fsp3) is 1.00. The van der Waals surface area contributed by atoms with E-state index in [9.17, 15) is 5.11 Å². The van der Waals surface area contributed by atoms with Crippen molar-refractivity contribution in [3.05, 3.63) is 0 Å². The zero-order valence-corrected chi connectivity index (χ0v) is 9.65. The van der Waals surface area contributed by atoms with Gasteiger partial charge in [-0.1, -0.05) is 19.3 Å². The van der Waals surface area contributed by atoms with Gasteiger partial charge in [-0.2, -0.15) is 0 Å². The summed E-state index contributed by atoms with van der Waals surface area (Å²) in [6.07, 6.45) is 5.29. The number of likely N-dealkylation sites (N-methyl/N-ethyl adjacent to an activating group) is 1. The number of aliphatic hydroxyl groups excluding tert-OH is 2. The van der Waals surface area contributed by atoms with Gasteiger partial charge in [-0.05, 0) is 19.9 Å². The van der Waals surface area contributed by atoms with Crippen molar-refractivity contribution in [1.82, 2.24) is 4.90 Å². The number of hydrogen-bond acceptors (Lipinski definition) is 4. The molecule has 0 aliphatic heterocycles. The van der Waals surface area contributed by atoms with Crippen molar-refractivity contribution in [2.45, 2.75) is 43.7 Å². The quantitative estimate of drug-likeness (QED) is 0.602. The zero-order valence-electron chi connectivity index (χ0n) is 9.65. The van der Waals surface area contributed by atoms with Crippen LogP contribution in [0.25, 0.3) is 0 Å². The molecule has 0 radical (unpaired) electrons. The summed E-state index contributed by atoms with van der Waals surface area (Å²) in [5.41, 5.74) is 5.92. The van der Waals surface area contributed by atoms with Crippen LogP contribution in [0.15, 0.2) is 0 Å². The van der Waals surface area contributed by atoms with Gasteiger partial charge < -0.3 is 15.9 Å². The molecular formula is C11H24N2O2. The number of nitrogens with zero attached hydrogens (tertiary/aromatic N) is 1. The predicted octanol–water partition coefficient (Wildman–Crippen LogP) is -0.0670. The summed E-state index contributed by atoms with van der Waals surface area (Å²) in [4.78, 5) is 2.13. The van der Waals surface area contributed by atoms with E-state index in [4.69, 9.17) is 10.8 Å². The van der Waals surface area contributed by atoms with Gasteiger partial charge in [0, 0.05) is 18.6 Å². The lowest BCUT2D eigenvalue weighted by Crippen LogP contribution is -2.55. The Morgan fingerprint density at radius 1 is 1.33 bits per heavy atom. The lowest BCUT2D eigenvalue weighted by atomic mass is 9.80. The standard InChI is InChI=1S/C11H24N2O2/c1-13(7-10(15)8-14)11(9-12)5-3-2-4-6-11/h10,14-15H,2-9,12H2,1H3. The first-order valence-corrected chi connectivity index (χ1v) is 5.85. The molecule has 90 valence electrons. The Morgan fingerprint density at radius 3 is 2.40 bits per heavy atom. The van der Waals surface area contributed by atoms with Crippen molar-refractivity contribution in [1.29, 1.82) is 0 Å². The van der Waals surface area contributed by atoms with Gasteiger partial charge in [-0.25, -0.2) is 0 Å². The molecule has 0 aromatic heterocycles. The van der Waals surface area contributed by atoms with Crippen molar-refractivity contribution < 1.29 is 10.2 Å². The summed E-state index contributed by atoms with van der Waals surface area (Å²) in [7, 11) is 2.00. The van der Waals surface area contributed by atoms with E-state index in [2.05, 4.69) is 4.90 Å². The van der Waals surface area contributed by atoms with Gasteiger partial charge in [0.25, 0.3) is 0 Å². The van der Waals surface area contributed by atoms with Crippen molar-refractivity contribution >= 4 is 0 Å². The van der Waals surface area contributed by atoms with Crippen LogP contribution in [0.5, 0.6) is 0 Å². The fourth-order valence-electron chi connectivity index (χ4n) is 2.52. The Kier molecular flexibility index (Phi) is 4.99. The monoisotopic (exact) mass is 216 g/mol. The minimum Gasteiger partial charge on any atom is -0.394 e. The molecule has 0 saturated heterocycles. The van der Waals surface area contributed by atoms with Crippen molar-refractivity contribution in [3.8, 4) is 0 Å². The maximum absolute atomic E-state index is 9.44. The van der Waals surface area contributed by atoms with Crippen molar-refractivity contribution in [3.63, 3.8) is 0 Å². The third kappa shape index (κ3) is 3.14. The average Bonchev–Trinajstić information content (AvgIpc) is 2.29. The van der Waals surface area contributed by atoms with Crippen LogP contribution in [0.3, 0.4) is 0 Å². The highest BCUT2D eigenvalue weighted by atomic mass is 16.3. The molecule has 0 bridgehead atoms. The topological polar surface area (TPSA) is 69.7 Å². The van der Waals surface area contributed by atoms with Crippen molar-refractivity contribution in [2.75, 3.05) is 26.7 Å². The molecule has 4 N–H and O–H groups in total. The largest absolute Gasteiger partial charge is 0.394 e. The highest BCUT2D eigenvalue weighted by Crippen LogP contribution is 2.31. The van der Waals surface area contributed by atoms with Crippen LogP contribution in [-0.4, -0.2) is 53.5 Å². The molecule has 0 aromatic rings. The van der Waals surface area contributed by atoms with E-state index in [-0.39, 0.29) is 12.1 Å². The third-order valence-corrected chi connectivity index (χ3v) is 3.67. The number of nitrogens with two attached hydrogens (primary N) is 1. The van der Waals surface area contributed by atoms with Gasteiger partial charge in [-0.3, -0.25) is 4.90 Å². The fourth-order valence-corrected chi connectivity index (χ4v) is 2.52. The summed E-state index contributed by atoms with van der Waals surface area (Å²) >= 11 is 0. The van der Waals surface area contributed by atoms with E-state index < -0.39 is 6.10 Å². The summed E-state index contributed by atoms with van der Waals surface area (Å²) in [5, 5.41) is 18.3. The first kappa shape index (κ1) is 12.9. The Morgan fingerprint density at radius 2 is 1.93 bits per heavy atom. The molecule has 4 nitrogen and oxygen atoms in total. The molecule has 0 spiro atoms. The van der Waals surface area contributed by atoms with Gasteiger partial charge in [0.05, 0.1) is 12.7 Å². The SMILES string of the molecule is CN(CC(O)CO)C1(CN)CCCCC1. The zero-order chi connectivity index (χ0) is 11.3. The Hall–Kier alpha value is -0.160. The van der Waals surface area contributed by atoms with Gasteiger partial charge in [0.2, 0.25) is 0 Å². The van der Waals surface area contributed by atoms with Crippen LogP contribution in [0.4, 0.5) is 0 Å². The van der Waals surface area contributed by atoms with Crippen LogP contribution in [0.2, 0.25) is 0 Å². The minimum atomic E-state index is -0.652. The molecule has 1 fully saturated rings. The van der Waals surface area contributed by atoms with Gasteiger partial charge >= 0.3 is 0 Å². The highest BCUT2D eigenvalue weighted by Gasteiger charge is 2.35. The van der Waals surface area contributed by atoms with Crippen LogP contribution >= 0.6 is 0 Å². The molecule has 1 aliphatic carbocycles. The second-order valence-electron chi connectivity index (χ2n) is 4.71.